The van der Waals surface area contributed by atoms with Gasteiger partial charge in [0.15, 0.2) is 5.65 Å². The first kappa shape index (κ1) is 14.1. The Bertz CT molecular complexity index is 874. The van der Waals surface area contributed by atoms with Gasteiger partial charge in [-0.1, -0.05) is 6.07 Å². The first-order valence-corrected chi connectivity index (χ1v) is 7.75. The number of pyridine rings is 1. The lowest BCUT2D eigenvalue weighted by atomic mass is 9.99. The molecule has 1 fully saturated rings. The number of anilines is 1. The molecule has 23 heavy (non-hydrogen) atoms. The van der Waals surface area contributed by atoms with Gasteiger partial charge < -0.3 is 5.32 Å². The van der Waals surface area contributed by atoms with Crippen LogP contribution in [0, 0.1) is 12.7 Å². The fourth-order valence-electron chi connectivity index (χ4n) is 2.88. The Kier molecular flexibility index (Phi) is 3.22. The van der Waals surface area contributed by atoms with Gasteiger partial charge in [-0.2, -0.15) is 4.98 Å². The molecule has 5 heteroatoms. The van der Waals surface area contributed by atoms with Gasteiger partial charge in [-0.05, 0) is 61.6 Å². The van der Waals surface area contributed by atoms with Gasteiger partial charge in [0.2, 0.25) is 5.95 Å². The van der Waals surface area contributed by atoms with Crippen molar-refractivity contribution in [2.24, 2.45) is 0 Å². The number of aryl methyl sites for hydroxylation is 1. The summed E-state index contributed by atoms with van der Waals surface area (Å²) in [5.74, 6) is 0.418. The van der Waals surface area contributed by atoms with E-state index in [-0.39, 0.29) is 11.4 Å². The molecule has 0 atom stereocenters. The molecule has 0 amide bonds. The van der Waals surface area contributed by atoms with E-state index in [1.807, 2.05) is 25.1 Å². The Hall–Kier alpha value is -2.56. The van der Waals surface area contributed by atoms with Crippen molar-refractivity contribution in [2.75, 3.05) is 5.32 Å². The Morgan fingerprint density at radius 3 is 2.87 bits per heavy atom. The van der Waals surface area contributed by atoms with Crippen LogP contribution in [0.25, 0.3) is 11.0 Å². The highest BCUT2D eigenvalue weighted by atomic mass is 19.1. The fraction of sp³-hybridized carbons (Fsp3) is 0.278. The predicted molar refractivity (Wildman–Crippen MR) is 87.8 cm³/mol. The summed E-state index contributed by atoms with van der Waals surface area (Å²) in [6.45, 7) is 1.95. The molecule has 0 aliphatic heterocycles. The van der Waals surface area contributed by atoms with E-state index in [2.05, 4.69) is 20.3 Å². The first-order chi connectivity index (χ1) is 11.1. The van der Waals surface area contributed by atoms with Gasteiger partial charge in [-0.3, -0.25) is 0 Å². The third-order valence-corrected chi connectivity index (χ3v) is 4.42. The van der Waals surface area contributed by atoms with Crippen molar-refractivity contribution in [3.63, 3.8) is 0 Å². The SMILES string of the molecule is Cc1cc(F)ccc1CC1(Nc2ncc3cccnc3n2)CC1. The number of nitrogens with one attached hydrogen (secondary N) is 1. The summed E-state index contributed by atoms with van der Waals surface area (Å²) in [6, 6.07) is 8.80. The monoisotopic (exact) mass is 308 g/mol. The highest BCUT2D eigenvalue weighted by Gasteiger charge is 2.43. The maximum Gasteiger partial charge on any atom is 0.225 e. The second-order valence-electron chi connectivity index (χ2n) is 6.26. The van der Waals surface area contributed by atoms with E-state index in [1.54, 1.807) is 18.5 Å². The average Bonchev–Trinajstić information content (AvgIpc) is 3.29. The Morgan fingerprint density at radius 2 is 2.09 bits per heavy atom. The van der Waals surface area contributed by atoms with Crippen LogP contribution in [0.1, 0.15) is 24.0 Å². The zero-order valence-electron chi connectivity index (χ0n) is 12.9. The van der Waals surface area contributed by atoms with E-state index >= 15 is 0 Å². The normalized spacial score (nSPS) is 15.6. The molecule has 1 N–H and O–H groups in total. The van der Waals surface area contributed by atoms with E-state index in [0.717, 1.165) is 35.8 Å². The summed E-state index contributed by atoms with van der Waals surface area (Å²) in [6.07, 6.45) is 6.49. The number of rotatable bonds is 4. The Balaban J connectivity index is 1.57. The molecule has 2 aromatic heterocycles. The first-order valence-electron chi connectivity index (χ1n) is 7.75. The molecule has 2 heterocycles. The largest absolute Gasteiger partial charge is 0.348 e. The minimum Gasteiger partial charge on any atom is -0.348 e. The lowest BCUT2D eigenvalue weighted by molar-refractivity contribution is 0.623. The van der Waals surface area contributed by atoms with Crippen molar-refractivity contribution in [1.82, 2.24) is 15.0 Å². The number of hydrogen-bond donors (Lipinski definition) is 1. The van der Waals surface area contributed by atoms with Crippen molar-refractivity contribution in [1.29, 1.82) is 0 Å². The van der Waals surface area contributed by atoms with Crippen molar-refractivity contribution in [2.45, 2.75) is 31.7 Å². The molecule has 1 aromatic carbocycles. The average molecular weight is 308 g/mol. The quantitative estimate of drug-likeness (QED) is 0.799. The Morgan fingerprint density at radius 1 is 1.22 bits per heavy atom. The summed E-state index contributed by atoms with van der Waals surface area (Å²) in [5.41, 5.74) is 2.82. The van der Waals surface area contributed by atoms with Crippen LogP contribution in [0.5, 0.6) is 0 Å². The number of nitrogens with zero attached hydrogens (tertiary/aromatic N) is 3. The molecule has 0 radical (unpaired) electrons. The molecular formula is C18H17FN4. The second-order valence-corrected chi connectivity index (χ2v) is 6.26. The molecule has 3 aromatic rings. The summed E-state index contributed by atoms with van der Waals surface area (Å²) < 4.78 is 13.2. The molecule has 116 valence electrons. The van der Waals surface area contributed by atoms with Gasteiger partial charge in [-0.25, -0.2) is 14.4 Å². The van der Waals surface area contributed by atoms with Gasteiger partial charge in [0.05, 0.1) is 0 Å². The molecule has 0 saturated heterocycles. The molecule has 4 rings (SSSR count). The van der Waals surface area contributed by atoms with Gasteiger partial charge in [0, 0.05) is 23.3 Å². The zero-order chi connectivity index (χ0) is 15.9. The number of aromatic nitrogens is 3. The van der Waals surface area contributed by atoms with Crippen LogP contribution < -0.4 is 5.32 Å². The molecule has 4 nitrogen and oxygen atoms in total. The molecule has 0 spiro atoms. The predicted octanol–water partition coefficient (Wildman–Crippen LogP) is 3.66. The minimum atomic E-state index is -0.187. The minimum absolute atomic E-state index is 0.0228. The molecule has 0 bridgehead atoms. The highest BCUT2D eigenvalue weighted by Crippen LogP contribution is 2.41. The van der Waals surface area contributed by atoms with Crippen LogP contribution in [0.3, 0.4) is 0 Å². The summed E-state index contributed by atoms with van der Waals surface area (Å²) in [5, 5.41) is 4.38. The van der Waals surface area contributed by atoms with Crippen LogP contribution in [0.2, 0.25) is 0 Å². The van der Waals surface area contributed by atoms with Gasteiger partial charge in [0.25, 0.3) is 0 Å². The third kappa shape index (κ3) is 2.86. The highest BCUT2D eigenvalue weighted by molar-refractivity contribution is 5.74. The van der Waals surface area contributed by atoms with Crippen molar-refractivity contribution < 1.29 is 4.39 Å². The van der Waals surface area contributed by atoms with Crippen molar-refractivity contribution >= 4 is 17.0 Å². The summed E-state index contributed by atoms with van der Waals surface area (Å²) in [4.78, 5) is 13.1. The number of hydrogen-bond acceptors (Lipinski definition) is 4. The van der Waals surface area contributed by atoms with Gasteiger partial charge in [-0.15, -0.1) is 0 Å². The summed E-state index contributed by atoms with van der Waals surface area (Å²) >= 11 is 0. The standard InChI is InChI=1S/C18H17FN4/c1-12-9-15(19)5-4-13(12)10-18(6-7-18)23-17-21-11-14-3-2-8-20-16(14)22-17/h2-5,8-9,11H,6-7,10H2,1H3,(H,20,21,22,23). The zero-order valence-corrected chi connectivity index (χ0v) is 12.9. The van der Waals surface area contributed by atoms with Crippen LogP contribution in [-0.4, -0.2) is 20.5 Å². The molecule has 1 aliphatic carbocycles. The van der Waals surface area contributed by atoms with Gasteiger partial charge >= 0.3 is 0 Å². The lowest BCUT2D eigenvalue weighted by Gasteiger charge is -2.18. The number of fused-ring (bicyclic) bond motifs is 1. The van der Waals surface area contributed by atoms with Crippen molar-refractivity contribution in [3.8, 4) is 0 Å². The topological polar surface area (TPSA) is 50.7 Å². The van der Waals surface area contributed by atoms with Crippen LogP contribution >= 0.6 is 0 Å². The molecule has 1 aliphatic rings. The Labute approximate surface area is 133 Å². The van der Waals surface area contributed by atoms with E-state index in [0.29, 0.717) is 11.6 Å². The van der Waals surface area contributed by atoms with Crippen LogP contribution in [0.4, 0.5) is 10.3 Å². The van der Waals surface area contributed by atoms with Crippen LogP contribution in [0.15, 0.2) is 42.7 Å². The maximum atomic E-state index is 13.2. The fourth-order valence-corrected chi connectivity index (χ4v) is 2.88. The molecule has 1 saturated carbocycles. The van der Waals surface area contributed by atoms with Crippen molar-refractivity contribution in [3.05, 3.63) is 59.7 Å². The van der Waals surface area contributed by atoms with Crippen LogP contribution in [-0.2, 0) is 6.42 Å². The summed E-state index contributed by atoms with van der Waals surface area (Å²) in [7, 11) is 0. The molecular weight excluding hydrogens is 291 g/mol. The van der Waals surface area contributed by atoms with Gasteiger partial charge in [0.1, 0.15) is 5.82 Å². The van der Waals surface area contributed by atoms with E-state index < -0.39 is 0 Å². The number of benzene rings is 1. The second kappa shape index (κ2) is 5.26. The van der Waals surface area contributed by atoms with E-state index in [9.17, 15) is 4.39 Å². The molecule has 0 unspecified atom stereocenters. The smallest absolute Gasteiger partial charge is 0.225 e. The lowest BCUT2D eigenvalue weighted by Crippen LogP contribution is -2.26. The van der Waals surface area contributed by atoms with E-state index in [1.165, 1.54) is 6.07 Å². The maximum absolute atomic E-state index is 13.2. The van der Waals surface area contributed by atoms with E-state index in [4.69, 9.17) is 0 Å². The third-order valence-electron chi connectivity index (χ3n) is 4.42. The number of halogens is 1.